The highest BCUT2D eigenvalue weighted by Crippen LogP contribution is 2.44. The number of aromatic carboxylic acids is 1. The number of hydrogen-bond acceptors (Lipinski definition) is 4. The average molecular weight is 386 g/mol. The Bertz CT molecular complexity index is 732. The van der Waals surface area contributed by atoms with E-state index in [1.807, 2.05) is 12.2 Å². The molecule has 28 heavy (non-hydrogen) atoms. The molecule has 3 N–H and O–H groups in total. The number of carboxylic acid groups (broad SMARTS) is 1. The SMILES string of the molecule is CC1(C(O)C/C=C/[C@H]2C(O)CC(=O)[C@@H]2CCc2ccc(C(=O)O)cc2)CCC1. The van der Waals surface area contributed by atoms with Gasteiger partial charge < -0.3 is 15.3 Å². The van der Waals surface area contributed by atoms with Gasteiger partial charge in [0.25, 0.3) is 0 Å². The number of carboxylic acids is 1. The van der Waals surface area contributed by atoms with Crippen molar-refractivity contribution in [2.75, 3.05) is 0 Å². The van der Waals surface area contributed by atoms with Crippen LogP contribution in [0.25, 0.3) is 0 Å². The lowest BCUT2D eigenvalue weighted by atomic mass is 9.66. The van der Waals surface area contributed by atoms with Crippen molar-refractivity contribution < 1.29 is 24.9 Å². The number of aliphatic hydroxyl groups is 2. The molecule has 0 heterocycles. The molecule has 5 heteroatoms. The number of aryl methyl sites for hydroxylation is 1. The van der Waals surface area contributed by atoms with Crippen LogP contribution in [0.15, 0.2) is 36.4 Å². The first-order chi connectivity index (χ1) is 13.3. The summed E-state index contributed by atoms with van der Waals surface area (Å²) in [7, 11) is 0. The van der Waals surface area contributed by atoms with Crippen LogP contribution in [0.3, 0.4) is 0 Å². The highest BCUT2D eigenvalue weighted by Gasteiger charge is 2.40. The van der Waals surface area contributed by atoms with E-state index < -0.39 is 12.1 Å². The van der Waals surface area contributed by atoms with Crippen molar-refractivity contribution in [3.05, 3.63) is 47.5 Å². The van der Waals surface area contributed by atoms with Gasteiger partial charge in [0, 0.05) is 18.3 Å². The molecule has 1 aromatic rings. The summed E-state index contributed by atoms with van der Waals surface area (Å²) in [4.78, 5) is 23.3. The maximum atomic E-state index is 12.4. The van der Waals surface area contributed by atoms with Crippen LogP contribution in [0, 0.1) is 17.3 Å². The maximum absolute atomic E-state index is 12.4. The van der Waals surface area contributed by atoms with Crippen molar-refractivity contribution in [3.8, 4) is 0 Å². The molecule has 0 aliphatic heterocycles. The van der Waals surface area contributed by atoms with Gasteiger partial charge in [0.2, 0.25) is 0 Å². The number of Topliss-reactive ketones (excluding diaryl/α,β-unsaturated/α-hetero) is 1. The third-order valence-electron chi connectivity index (χ3n) is 6.70. The second kappa shape index (κ2) is 8.58. The molecule has 152 valence electrons. The minimum absolute atomic E-state index is 0.00989. The molecule has 2 fully saturated rings. The van der Waals surface area contributed by atoms with Gasteiger partial charge in [-0.3, -0.25) is 4.79 Å². The first-order valence-corrected chi connectivity index (χ1v) is 10.2. The summed E-state index contributed by atoms with van der Waals surface area (Å²) >= 11 is 0. The van der Waals surface area contributed by atoms with Crippen LogP contribution >= 0.6 is 0 Å². The lowest BCUT2D eigenvalue weighted by Crippen LogP contribution is -2.38. The van der Waals surface area contributed by atoms with Crippen molar-refractivity contribution in [2.45, 2.75) is 64.1 Å². The van der Waals surface area contributed by atoms with E-state index in [0.29, 0.717) is 19.3 Å². The number of aliphatic hydroxyl groups excluding tert-OH is 2. The Hall–Kier alpha value is -1.98. The van der Waals surface area contributed by atoms with Gasteiger partial charge >= 0.3 is 5.97 Å². The van der Waals surface area contributed by atoms with Crippen LogP contribution in [0.5, 0.6) is 0 Å². The molecule has 2 saturated carbocycles. The molecule has 4 atom stereocenters. The highest BCUT2D eigenvalue weighted by molar-refractivity contribution is 5.87. The smallest absolute Gasteiger partial charge is 0.335 e. The lowest BCUT2D eigenvalue weighted by molar-refractivity contribution is -0.121. The third-order valence-corrected chi connectivity index (χ3v) is 6.70. The first kappa shape index (κ1) is 20.7. The summed E-state index contributed by atoms with van der Waals surface area (Å²) in [5.74, 6) is -1.33. The standard InChI is InChI=1S/C23H30O5/c1-23(12-3-13-23)21(26)5-2-4-17-18(20(25)14-19(17)24)11-8-15-6-9-16(10-7-15)22(27)28/h2,4,6-7,9-10,17-19,21,24,26H,3,5,8,11-14H2,1H3,(H,27,28)/b4-2+/t17-,18-,19?,21?/m1/s1. The molecule has 5 nitrogen and oxygen atoms in total. The summed E-state index contributed by atoms with van der Waals surface area (Å²) in [5, 5.41) is 29.7. The Morgan fingerprint density at radius 1 is 1.29 bits per heavy atom. The Kier molecular flexibility index (Phi) is 6.36. The van der Waals surface area contributed by atoms with Crippen molar-refractivity contribution in [2.24, 2.45) is 17.3 Å². The molecule has 2 aliphatic rings. The van der Waals surface area contributed by atoms with E-state index in [2.05, 4.69) is 6.92 Å². The molecule has 0 amide bonds. The quantitative estimate of drug-likeness (QED) is 0.596. The predicted octanol–water partition coefficient (Wildman–Crippen LogP) is 3.38. The van der Waals surface area contributed by atoms with E-state index in [9.17, 15) is 19.8 Å². The van der Waals surface area contributed by atoms with E-state index in [1.54, 1.807) is 24.3 Å². The second-order valence-corrected chi connectivity index (χ2v) is 8.65. The molecule has 0 spiro atoms. The second-order valence-electron chi connectivity index (χ2n) is 8.65. The van der Waals surface area contributed by atoms with Crippen molar-refractivity contribution >= 4 is 11.8 Å². The van der Waals surface area contributed by atoms with E-state index in [4.69, 9.17) is 5.11 Å². The normalized spacial score (nSPS) is 27.7. The van der Waals surface area contributed by atoms with E-state index in [0.717, 1.165) is 18.4 Å². The van der Waals surface area contributed by atoms with E-state index in [1.165, 1.54) is 6.42 Å². The number of carbonyl (C=O) groups is 2. The van der Waals surface area contributed by atoms with Crippen LogP contribution in [0.1, 0.15) is 61.4 Å². The molecular weight excluding hydrogens is 356 g/mol. The Morgan fingerprint density at radius 2 is 1.96 bits per heavy atom. The lowest BCUT2D eigenvalue weighted by Gasteiger charge is -2.42. The number of hydrogen-bond donors (Lipinski definition) is 3. The summed E-state index contributed by atoms with van der Waals surface area (Å²) in [6.07, 6.45) is 8.08. The number of carbonyl (C=O) groups excluding carboxylic acids is 1. The van der Waals surface area contributed by atoms with Crippen molar-refractivity contribution in [1.29, 1.82) is 0 Å². The van der Waals surface area contributed by atoms with Gasteiger partial charge in [0.1, 0.15) is 5.78 Å². The molecule has 0 aromatic heterocycles. The van der Waals surface area contributed by atoms with Gasteiger partial charge in [-0.2, -0.15) is 0 Å². The zero-order valence-corrected chi connectivity index (χ0v) is 16.4. The van der Waals surface area contributed by atoms with Gasteiger partial charge in [0.15, 0.2) is 0 Å². The summed E-state index contributed by atoms with van der Waals surface area (Å²) in [6.45, 7) is 2.11. The first-order valence-electron chi connectivity index (χ1n) is 10.2. The van der Waals surface area contributed by atoms with Crippen LogP contribution in [-0.2, 0) is 11.2 Å². The Labute approximate surface area is 166 Å². The van der Waals surface area contributed by atoms with Crippen molar-refractivity contribution in [3.63, 3.8) is 0 Å². The summed E-state index contributed by atoms with van der Waals surface area (Å²) in [6, 6.07) is 6.70. The van der Waals surface area contributed by atoms with E-state index >= 15 is 0 Å². The molecular formula is C23H30O5. The fourth-order valence-corrected chi connectivity index (χ4v) is 4.45. The molecule has 1 aromatic carbocycles. The van der Waals surface area contributed by atoms with Gasteiger partial charge in [-0.1, -0.05) is 37.6 Å². The molecule has 2 unspecified atom stereocenters. The zero-order valence-electron chi connectivity index (χ0n) is 16.4. The van der Waals surface area contributed by atoms with Gasteiger partial charge in [-0.25, -0.2) is 4.79 Å². The number of rotatable bonds is 8. The average Bonchev–Trinajstić information content (AvgIpc) is 2.91. The third kappa shape index (κ3) is 4.53. The number of ketones is 1. The zero-order chi connectivity index (χ0) is 20.3. The minimum atomic E-state index is -0.955. The Balaban J connectivity index is 1.57. The van der Waals surface area contributed by atoms with Gasteiger partial charge in [-0.15, -0.1) is 0 Å². The minimum Gasteiger partial charge on any atom is -0.478 e. The van der Waals surface area contributed by atoms with Crippen LogP contribution in [0.4, 0.5) is 0 Å². The predicted molar refractivity (Wildman–Crippen MR) is 106 cm³/mol. The van der Waals surface area contributed by atoms with Gasteiger partial charge in [0.05, 0.1) is 17.8 Å². The van der Waals surface area contributed by atoms with Gasteiger partial charge in [-0.05, 0) is 55.2 Å². The Morgan fingerprint density at radius 3 is 2.54 bits per heavy atom. The molecule has 0 bridgehead atoms. The van der Waals surface area contributed by atoms with Crippen molar-refractivity contribution in [1.82, 2.24) is 0 Å². The van der Waals surface area contributed by atoms with E-state index in [-0.39, 0.29) is 41.1 Å². The fraction of sp³-hybridized carbons (Fsp3) is 0.565. The monoisotopic (exact) mass is 386 g/mol. The molecule has 3 rings (SSSR count). The molecule has 2 aliphatic carbocycles. The van der Waals surface area contributed by atoms with Crippen LogP contribution in [-0.4, -0.2) is 39.3 Å². The maximum Gasteiger partial charge on any atom is 0.335 e. The molecule has 0 saturated heterocycles. The number of benzene rings is 1. The van der Waals surface area contributed by atoms with Crippen LogP contribution < -0.4 is 0 Å². The fourth-order valence-electron chi connectivity index (χ4n) is 4.45. The topological polar surface area (TPSA) is 94.8 Å². The molecule has 0 radical (unpaired) electrons. The highest BCUT2D eigenvalue weighted by atomic mass is 16.4. The van der Waals surface area contributed by atoms with Crippen LogP contribution in [0.2, 0.25) is 0 Å². The summed E-state index contributed by atoms with van der Waals surface area (Å²) in [5.41, 5.74) is 1.24. The largest absolute Gasteiger partial charge is 0.478 e. The summed E-state index contributed by atoms with van der Waals surface area (Å²) < 4.78 is 0.